The van der Waals surface area contributed by atoms with Gasteiger partial charge in [0.2, 0.25) is 0 Å². The average molecular weight is 337 g/mol. The molecule has 0 saturated heterocycles. The number of imidazole rings is 1. The van der Waals surface area contributed by atoms with Crippen LogP contribution in [0.4, 0.5) is 0 Å². The molecular weight excluding hydrogens is 322 g/mol. The Hall–Kier alpha value is -2.80. The number of aromatic nitrogens is 4. The Labute approximate surface area is 142 Å². The molecule has 0 spiro atoms. The lowest BCUT2D eigenvalue weighted by Crippen LogP contribution is -2.27. The molecular formula is C17H15N5OS. The Balaban J connectivity index is 1.65. The summed E-state index contributed by atoms with van der Waals surface area (Å²) < 4.78 is 10.5. The fourth-order valence-electron chi connectivity index (χ4n) is 2.81. The van der Waals surface area contributed by atoms with Gasteiger partial charge < -0.3 is 9.47 Å². The molecule has 0 aliphatic carbocycles. The predicted octanol–water partition coefficient (Wildman–Crippen LogP) is 2.85. The van der Waals surface area contributed by atoms with E-state index in [1.165, 1.54) is 0 Å². The second kappa shape index (κ2) is 5.68. The van der Waals surface area contributed by atoms with E-state index in [9.17, 15) is 4.79 Å². The molecule has 0 bridgehead atoms. The minimum absolute atomic E-state index is 0.0830. The lowest BCUT2D eigenvalue weighted by molar-refractivity contribution is 0.0782. The fourth-order valence-corrected chi connectivity index (χ4v) is 3.35. The van der Waals surface area contributed by atoms with Gasteiger partial charge in [-0.1, -0.05) is 18.2 Å². The SMILES string of the molecule is CN(Cc1nc2ccccc2n1C)C(=O)c1cccc2nsnc12. The summed E-state index contributed by atoms with van der Waals surface area (Å²) in [7, 11) is 3.74. The van der Waals surface area contributed by atoms with E-state index in [0.717, 1.165) is 34.1 Å². The number of hydrogen-bond donors (Lipinski definition) is 0. The van der Waals surface area contributed by atoms with Crippen LogP contribution < -0.4 is 0 Å². The molecule has 0 aliphatic heterocycles. The quantitative estimate of drug-likeness (QED) is 0.577. The number of amides is 1. The predicted molar refractivity (Wildman–Crippen MR) is 93.9 cm³/mol. The summed E-state index contributed by atoms with van der Waals surface area (Å²) in [6.45, 7) is 0.429. The molecule has 4 aromatic rings. The number of benzene rings is 2. The van der Waals surface area contributed by atoms with Gasteiger partial charge in [0.15, 0.2) is 0 Å². The van der Waals surface area contributed by atoms with Crippen LogP contribution in [0.25, 0.3) is 22.1 Å². The maximum Gasteiger partial charge on any atom is 0.256 e. The average Bonchev–Trinajstić information content (AvgIpc) is 3.19. The number of carbonyl (C=O) groups is 1. The Bertz CT molecular complexity index is 1050. The standard InChI is InChI=1S/C17H15N5OS/c1-21(10-15-18-12-7-3-4-9-14(12)22(15)2)17(23)11-6-5-8-13-16(11)20-24-19-13/h3-9H,10H2,1-2H3. The van der Waals surface area contributed by atoms with E-state index in [-0.39, 0.29) is 5.91 Å². The summed E-state index contributed by atoms with van der Waals surface area (Å²) in [6.07, 6.45) is 0. The zero-order valence-electron chi connectivity index (χ0n) is 13.3. The van der Waals surface area contributed by atoms with Gasteiger partial charge in [0.05, 0.1) is 34.9 Å². The van der Waals surface area contributed by atoms with Crippen molar-refractivity contribution in [2.75, 3.05) is 7.05 Å². The molecule has 0 fully saturated rings. The Morgan fingerprint density at radius 3 is 2.75 bits per heavy atom. The van der Waals surface area contributed by atoms with Gasteiger partial charge in [-0.25, -0.2) is 4.98 Å². The van der Waals surface area contributed by atoms with Gasteiger partial charge in [-0.05, 0) is 24.3 Å². The van der Waals surface area contributed by atoms with Crippen LogP contribution in [0.2, 0.25) is 0 Å². The van der Waals surface area contributed by atoms with E-state index >= 15 is 0 Å². The van der Waals surface area contributed by atoms with E-state index in [2.05, 4.69) is 13.7 Å². The van der Waals surface area contributed by atoms with E-state index in [0.29, 0.717) is 17.6 Å². The van der Waals surface area contributed by atoms with E-state index < -0.39 is 0 Å². The van der Waals surface area contributed by atoms with Gasteiger partial charge >= 0.3 is 0 Å². The van der Waals surface area contributed by atoms with Crippen LogP contribution in [0.15, 0.2) is 42.5 Å². The first kappa shape index (κ1) is 14.8. The van der Waals surface area contributed by atoms with Crippen LogP contribution in [-0.4, -0.2) is 36.2 Å². The van der Waals surface area contributed by atoms with E-state index in [4.69, 9.17) is 0 Å². The normalized spacial score (nSPS) is 11.2. The van der Waals surface area contributed by atoms with Crippen molar-refractivity contribution in [2.45, 2.75) is 6.54 Å². The number of fused-ring (bicyclic) bond motifs is 2. The molecule has 0 aliphatic rings. The molecule has 2 aromatic heterocycles. The minimum atomic E-state index is -0.0830. The van der Waals surface area contributed by atoms with Crippen LogP contribution in [0.1, 0.15) is 16.2 Å². The number of aryl methyl sites for hydroxylation is 1. The van der Waals surface area contributed by atoms with Gasteiger partial charge in [0.25, 0.3) is 5.91 Å². The summed E-state index contributed by atoms with van der Waals surface area (Å²) in [5, 5.41) is 0. The molecule has 1 amide bonds. The molecule has 0 saturated carbocycles. The minimum Gasteiger partial charge on any atom is -0.334 e. The first-order valence-electron chi connectivity index (χ1n) is 7.52. The highest BCUT2D eigenvalue weighted by molar-refractivity contribution is 7.00. The van der Waals surface area contributed by atoms with Gasteiger partial charge in [-0.3, -0.25) is 4.79 Å². The van der Waals surface area contributed by atoms with Gasteiger partial charge in [0, 0.05) is 14.1 Å². The topological polar surface area (TPSA) is 63.9 Å². The van der Waals surface area contributed by atoms with Crippen molar-refractivity contribution in [1.82, 2.24) is 23.2 Å². The lowest BCUT2D eigenvalue weighted by Gasteiger charge is -2.17. The van der Waals surface area contributed by atoms with Crippen LogP contribution in [0, 0.1) is 0 Å². The monoisotopic (exact) mass is 337 g/mol. The molecule has 7 heteroatoms. The van der Waals surface area contributed by atoms with Gasteiger partial charge in [-0.2, -0.15) is 8.75 Å². The number of carbonyl (C=O) groups excluding carboxylic acids is 1. The Kier molecular flexibility index (Phi) is 3.50. The number of nitrogens with zero attached hydrogens (tertiary/aromatic N) is 5. The highest BCUT2D eigenvalue weighted by Crippen LogP contribution is 2.20. The fraction of sp³-hybridized carbons (Fsp3) is 0.176. The highest BCUT2D eigenvalue weighted by Gasteiger charge is 2.19. The van der Waals surface area contributed by atoms with Crippen molar-refractivity contribution < 1.29 is 4.79 Å². The Morgan fingerprint density at radius 2 is 1.92 bits per heavy atom. The lowest BCUT2D eigenvalue weighted by atomic mass is 10.1. The summed E-state index contributed by atoms with van der Waals surface area (Å²) >= 11 is 1.12. The molecule has 4 rings (SSSR count). The summed E-state index contributed by atoms with van der Waals surface area (Å²) in [5.74, 6) is 0.760. The van der Waals surface area contributed by atoms with Crippen LogP contribution >= 0.6 is 11.7 Å². The zero-order valence-corrected chi connectivity index (χ0v) is 14.1. The summed E-state index contributed by atoms with van der Waals surface area (Å²) in [6, 6.07) is 13.4. The second-order valence-corrected chi connectivity index (χ2v) is 6.20. The summed E-state index contributed by atoms with van der Waals surface area (Å²) in [4.78, 5) is 19.1. The smallest absolute Gasteiger partial charge is 0.256 e. The largest absolute Gasteiger partial charge is 0.334 e. The van der Waals surface area contributed by atoms with E-state index in [1.54, 1.807) is 18.0 Å². The number of hydrogen-bond acceptors (Lipinski definition) is 5. The zero-order chi connectivity index (χ0) is 16.7. The molecule has 24 heavy (non-hydrogen) atoms. The molecule has 0 atom stereocenters. The van der Waals surface area contributed by atoms with Crippen LogP contribution in [-0.2, 0) is 13.6 Å². The van der Waals surface area contributed by atoms with Crippen molar-refractivity contribution in [3.63, 3.8) is 0 Å². The second-order valence-electron chi connectivity index (χ2n) is 5.67. The van der Waals surface area contributed by atoms with Crippen molar-refractivity contribution in [2.24, 2.45) is 7.05 Å². The van der Waals surface area contributed by atoms with Gasteiger partial charge in [0.1, 0.15) is 16.9 Å². The Morgan fingerprint density at radius 1 is 1.12 bits per heavy atom. The molecule has 0 N–H and O–H groups in total. The van der Waals surface area contributed by atoms with Crippen molar-refractivity contribution in [3.05, 3.63) is 53.9 Å². The van der Waals surface area contributed by atoms with Crippen molar-refractivity contribution in [3.8, 4) is 0 Å². The summed E-state index contributed by atoms with van der Waals surface area (Å²) in [5.41, 5.74) is 3.97. The van der Waals surface area contributed by atoms with Crippen molar-refractivity contribution >= 4 is 39.7 Å². The first-order valence-corrected chi connectivity index (χ1v) is 8.25. The maximum absolute atomic E-state index is 12.8. The third kappa shape index (κ3) is 2.33. The molecule has 0 radical (unpaired) electrons. The number of rotatable bonds is 3. The molecule has 6 nitrogen and oxygen atoms in total. The van der Waals surface area contributed by atoms with Crippen LogP contribution in [0.3, 0.4) is 0 Å². The molecule has 2 aromatic carbocycles. The molecule has 2 heterocycles. The maximum atomic E-state index is 12.8. The third-order valence-corrected chi connectivity index (χ3v) is 4.66. The van der Waals surface area contributed by atoms with Gasteiger partial charge in [-0.15, -0.1) is 0 Å². The third-order valence-electron chi connectivity index (χ3n) is 4.12. The van der Waals surface area contributed by atoms with Crippen LogP contribution in [0.5, 0.6) is 0 Å². The van der Waals surface area contributed by atoms with E-state index in [1.807, 2.05) is 48.0 Å². The van der Waals surface area contributed by atoms with Crippen molar-refractivity contribution in [1.29, 1.82) is 0 Å². The molecule has 120 valence electrons. The first-order chi connectivity index (χ1) is 11.6. The molecule has 0 unspecified atom stereocenters. The number of para-hydroxylation sites is 2. The highest BCUT2D eigenvalue weighted by atomic mass is 32.1.